The van der Waals surface area contributed by atoms with E-state index in [9.17, 15) is 5.11 Å². The summed E-state index contributed by atoms with van der Waals surface area (Å²) >= 11 is 0. The van der Waals surface area contributed by atoms with Gasteiger partial charge >= 0.3 is 0 Å². The summed E-state index contributed by atoms with van der Waals surface area (Å²) in [5.41, 5.74) is 0.0689. The standard InChI is InChI=1S/C7H15NO/c1-5-6(9)7(2,3)4-8-5/h5-6,8-9H,4H2,1-3H3. The zero-order valence-corrected chi connectivity index (χ0v) is 6.31. The van der Waals surface area contributed by atoms with Crippen molar-refractivity contribution in [3.8, 4) is 0 Å². The van der Waals surface area contributed by atoms with Gasteiger partial charge in [-0.25, -0.2) is 0 Å². The molecule has 2 heteroatoms. The SMILES string of the molecule is CC1NCC(C)(C)C1O. The first-order chi connectivity index (χ1) is 4.04. The maximum absolute atomic E-state index is 9.46. The van der Waals surface area contributed by atoms with Gasteiger partial charge in [-0.15, -0.1) is 0 Å². The summed E-state index contributed by atoms with van der Waals surface area (Å²) in [5, 5.41) is 12.7. The molecule has 2 unspecified atom stereocenters. The van der Waals surface area contributed by atoms with E-state index >= 15 is 0 Å². The molecule has 54 valence electrons. The van der Waals surface area contributed by atoms with Crippen LogP contribution in [-0.2, 0) is 0 Å². The molecule has 0 aromatic rings. The van der Waals surface area contributed by atoms with Crippen LogP contribution in [0.1, 0.15) is 20.8 Å². The summed E-state index contributed by atoms with van der Waals surface area (Å²) < 4.78 is 0. The van der Waals surface area contributed by atoms with Crippen molar-refractivity contribution in [3.05, 3.63) is 0 Å². The molecule has 2 atom stereocenters. The minimum Gasteiger partial charge on any atom is -0.391 e. The highest BCUT2D eigenvalue weighted by atomic mass is 16.3. The van der Waals surface area contributed by atoms with Gasteiger partial charge in [0.05, 0.1) is 6.10 Å². The third-order valence-corrected chi connectivity index (χ3v) is 2.15. The van der Waals surface area contributed by atoms with Crippen molar-refractivity contribution >= 4 is 0 Å². The van der Waals surface area contributed by atoms with Crippen LogP contribution >= 0.6 is 0 Å². The first-order valence-electron chi connectivity index (χ1n) is 3.45. The number of hydrogen-bond donors (Lipinski definition) is 2. The molecule has 0 aromatic carbocycles. The lowest BCUT2D eigenvalue weighted by atomic mass is 9.88. The van der Waals surface area contributed by atoms with Crippen molar-refractivity contribution in [1.29, 1.82) is 0 Å². The van der Waals surface area contributed by atoms with E-state index in [0.29, 0.717) is 0 Å². The third kappa shape index (κ3) is 1.10. The lowest BCUT2D eigenvalue weighted by molar-refractivity contribution is 0.0759. The molecule has 1 rings (SSSR count). The van der Waals surface area contributed by atoms with Crippen LogP contribution in [-0.4, -0.2) is 23.8 Å². The van der Waals surface area contributed by atoms with Crippen LogP contribution < -0.4 is 5.32 Å². The van der Waals surface area contributed by atoms with Crippen LogP contribution in [0, 0.1) is 5.41 Å². The second kappa shape index (κ2) is 1.96. The smallest absolute Gasteiger partial charge is 0.0753 e. The van der Waals surface area contributed by atoms with E-state index in [0.717, 1.165) is 6.54 Å². The van der Waals surface area contributed by atoms with Crippen molar-refractivity contribution < 1.29 is 5.11 Å². The Hall–Kier alpha value is -0.0800. The minimum atomic E-state index is -0.183. The van der Waals surface area contributed by atoms with Crippen LogP contribution in [0.2, 0.25) is 0 Å². The normalized spacial score (nSPS) is 41.3. The Bertz CT molecular complexity index is 111. The van der Waals surface area contributed by atoms with Crippen LogP contribution in [0.25, 0.3) is 0 Å². The van der Waals surface area contributed by atoms with Crippen molar-refractivity contribution in [2.75, 3.05) is 6.54 Å². The van der Waals surface area contributed by atoms with Crippen LogP contribution in [0.15, 0.2) is 0 Å². The maximum Gasteiger partial charge on any atom is 0.0753 e. The third-order valence-electron chi connectivity index (χ3n) is 2.15. The maximum atomic E-state index is 9.46. The molecule has 2 N–H and O–H groups in total. The van der Waals surface area contributed by atoms with Crippen molar-refractivity contribution in [2.24, 2.45) is 5.41 Å². The van der Waals surface area contributed by atoms with Gasteiger partial charge in [0.15, 0.2) is 0 Å². The van der Waals surface area contributed by atoms with E-state index < -0.39 is 0 Å². The second-order valence-corrected chi connectivity index (χ2v) is 3.60. The Morgan fingerprint density at radius 3 is 2.22 bits per heavy atom. The Morgan fingerprint density at radius 2 is 2.11 bits per heavy atom. The highest BCUT2D eigenvalue weighted by molar-refractivity contribution is 4.93. The molecule has 0 radical (unpaired) electrons. The molecule has 2 nitrogen and oxygen atoms in total. The minimum absolute atomic E-state index is 0.0689. The summed E-state index contributed by atoms with van der Waals surface area (Å²) in [4.78, 5) is 0. The predicted molar refractivity (Wildman–Crippen MR) is 37.3 cm³/mol. The zero-order valence-electron chi connectivity index (χ0n) is 6.31. The van der Waals surface area contributed by atoms with Gasteiger partial charge in [0, 0.05) is 18.0 Å². The number of rotatable bonds is 0. The Kier molecular flexibility index (Phi) is 1.53. The van der Waals surface area contributed by atoms with E-state index in [4.69, 9.17) is 0 Å². The van der Waals surface area contributed by atoms with Gasteiger partial charge in [-0.1, -0.05) is 13.8 Å². The lowest BCUT2D eigenvalue weighted by Crippen LogP contribution is -2.31. The summed E-state index contributed by atoms with van der Waals surface area (Å²) in [7, 11) is 0. The molecular formula is C7H15NO. The van der Waals surface area contributed by atoms with Crippen molar-refractivity contribution in [2.45, 2.75) is 32.9 Å². The first kappa shape index (κ1) is 7.03. The van der Waals surface area contributed by atoms with Crippen molar-refractivity contribution in [3.63, 3.8) is 0 Å². The van der Waals surface area contributed by atoms with Gasteiger partial charge in [0.1, 0.15) is 0 Å². The molecule has 1 heterocycles. The fraction of sp³-hybridized carbons (Fsp3) is 1.00. The monoisotopic (exact) mass is 129 g/mol. The van der Waals surface area contributed by atoms with E-state index in [-0.39, 0.29) is 17.6 Å². The Balaban J connectivity index is 2.62. The molecule has 9 heavy (non-hydrogen) atoms. The first-order valence-corrected chi connectivity index (χ1v) is 3.45. The fourth-order valence-electron chi connectivity index (χ4n) is 1.32. The largest absolute Gasteiger partial charge is 0.391 e. The van der Waals surface area contributed by atoms with Gasteiger partial charge in [-0.2, -0.15) is 0 Å². The molecular weight excluding hydrogens is 114 g/mol. The topological polar surface area (TPSA) is 32.3 Å². The molecule has 0 spiro atoms. The molecule has 1 aliphatic heterocycles. The number of aliphatic hydroxyl groups is 1. The second-order valence-electron chi connectivity index (χ2n) is 3.60. The molecule has 0 aliphatic carbocycles. The molecule has 0 amide bonds. The van der Waals surface area contributed by atoms with Crippen molar-refractivity contribution in [1.82, 2.24) is 5.32 Å². The zero-order chi connectivity index (χ0) is 7.07. The Labute approximate surface area is 56.3 Å². The molecule has 1 fully saturated rings. The average molecular weight is 129 g/mol. The fourth-order valence-corrected chi connectivity index (χ4v) is 1.32. The highest BCUT2D eigenvalue weighted by Crippen LogP contribution is 2.27. The predicted octanol–water partition coefficient (Wildman–Crippen LogP) is 0.365. The summed E-state index contributed by atoms with van der Waals surface area (Å²) in [6, 6.07) is 0.264. The molecule has 0 saturated carbocycles. The van der Waals surface area contributed by atoms with E-state index in [2.05, 4.69) is 19.2 Å². The van der Waals surface area contributed by atoms with Gasteiger partial charge in [-0.3, -0.25) is 0 Å². The van der Waals surface area contributed by atoms with Crippen LogP contribution in [0.5, 0.6) is 0 Å². The Morgan fingerprint density at radius 1 is 1.56 bits per heavy atom. The molecule has 1 aliphatic rings. The summed E-state index contributed by atoms with van der Waals surface area (Å²) in [6.07, 6.45) is -0.183. The summed E-state index contributed by atoms with van der Waals surface area (Å²) in [5.74, 6) is 0. The average Bonchev–Trinajstić information content (AvgIpc) is 1.97. The quantitative estimate of drug-likeness (QED) is 0.495. The number of hydrogen-bond acceptors (Lipinski definition) is 2. The molecule has 0 bridgehead atoms. The van der Waals surface area contributed by atoms with E-state index in [1.807, 2.05) is 6.92 Å². The number of aliphatic hydroxyl groups excluding tert-OH is 1. The number of nitrogens with one attached hydrogen (secondary N) is 1. The molecule has 0 aromatic heterocycles. The van der Waals surface area contributed by atoms with Crippen LogP contribution in [0.3, 0.4) is 0 Å². The molecule has 1 saturated heterocycles. The van der Waals surface area contributed by atoms with Gasteiger partial charge in [-0.05, 0) is 6.92 Å². The summed E-state index contributed by atoms with van der Waals surface area (Å²) in [6.45, 7) is 7.09. The van der Waals surface area contributed by atoms with Gasteiger partial charge in [0.25, 0.3) is 0 Å². The van der Waals surface area contributed by atoms with E-state index in [1.54, 1.807) is 0 Å². The van der Waals surface area contributed by atoms with Crippen LogP contribution in [0.4, 0.5) is 0 Å². The van der Waals surface area contributed by atoms with E-state index in [1.165, 1.54) is 0 Å². The lowest BCUT2D eigenvalue weighted by Gasteiger charge is -2.22. The highest BCUT2D eigenvalue weighted by Gasteiger charge is 2.37. The van der Waals surface area contributed by atoms with Gasteiger partial charge in [0.2, 0.25) is 0 Å². The van der Waals surface area contributed by atoms with Gasteiger partial charge < -0.3 is 10.4 Å².